The maximum atomic E-state index is 13.4. The summed E-state index contributed by atoms with van der Waals surface area (Å²) in [4.78, 5) is 13.4. The van der Waals surface area contributed by atoms with Gasteiger partial charge < -0.3 is 4.74 Å². The van der Waals surface area contributed by atoms with Crippen LogP contribution in [0.15, 0.2) is 90.5 Å². The molecule has 1 aliphatic rings. The molecule has 0 spiro atoms. The number of Topliss-reactive ketones (excluding diaryl/α,β-unsaturated/α-hetero) is 1. The number of rotatable bonds is 5. The SMILES string of the molecule is Cc1ccc([C@]2(CBr)CC(C(=O)c3ccccc3)=C(c3ccccc3)O2)cc1. The van der Waals surface area contributed by atoms with Crippen molar-refractivity contribution in [2.75, 3.05) is 5.33 Å². The zero-order valence-corrected chi connectivity index (χ0v) is 17.3. The smallest absolute Gasteiger partial charge is 0.192 e. The van der Waals surface area contributed by atoms with Gasteiger partial charge in [0.25, 0.3) is 0 Å². The fraction of sp³-hybridized carbons (Fsp3) is 0.160. The highest BCUT2D eigenvalue weighted by Crippen LogP contribution is 2.47. The average molecular weight is 433 g/mol. The Labute approximate surface area is 174 Å². The standard InChI is InChI=1S/C25H21BrO2/c1-18-12-14-21(15-13-18)25(17-26)16-22(23(27)19-8-4-2-5-9-19)24(28-25)20-10-6-3-7-11-20/h2-15H,16-17H2,1H3/t25-/m1/s1. The highest BCUT2D eigenvalue weighted by atomic mass is 79.9. The molecular weight excluding hydrogens is 412 g/mol. The number of ketones is 1. The zero-order valence-electron chi connectivity index (χ0n) is 15.7. The van der Waals surface area contributed by atoms with Crippen LogP contribution < -0.4 is 0 Å². The number of hydrogen-bond acceptors (Lipinski definition) is 2. The first-order valence-corrected chi connectivity index (χ1v) is 10.5. The van der Waals surface area contributed by atoms with Gasteiger partial charge >= 0.3 is 0 Å². The first kappa shape index (κ1) is 18.7. The van der Waals surface area contributed by atoms with Gasteiger partial charge in [-0.1, -0.05) is 106 Å². The van der Waals surface area contributed by atoms with Gasteiger partial charge in [0, 0.05) is 28.5 Å². The molecule has 0 aromatic heterocycles. The summed E-state index contributed by atoms with van der Waals surface area (Å²) in [5.74, 6) is 0.698. The fourth-order valence-electron chi connectivity index (χ4n) is 3.60. The number of hydrogen-bond donors (Lipinski definition) is 0. The van der Waals surface area contributed by atoms with Crippen LogP contribution in [0.2, 0.25) is 0 Å². The van der Waals surface area contributed by atoms with E-state index in [0.29, 0.717) is 23.1 Å². The molecule has 28 heavy (non-hydrogen) atoms. The lowest BCUT2D eigenvalue weighted by Gasteiger charge is -2.28. The molecule has 140 valence electrons. The minimum Gasteiger partial charge on any atom is -0.480 e. The van der Waals surface area contributed by atoms with Crippen molar-refractivity contribution in [3.05, 3.63) is 113 Å². The minimum absolute atomic E-state index is 0.0226. The zero-order chi connectivity index (χ0) is 19.6. The molecule has 0 unspecified atom stereocenters. The summed E-state index contributed by atoms with van der Waals surface area (Å²) < 4.78 is 6.58. The Kier molecular flexibility index (Phi) is 5.19. The second kappa shape index (κ2) is 7.76. The molecule has 1 aliphatic heterocycles. The topological polar surface area (TPSA) is 26.3 Å². The molecule has 0 radical (unpaired) electrons. The van der Waals surface area contributed by atoms with Crippen molar-refractivity contribution in [2.45, 2.75) is 18.9 Å². The van der Waals surface area contributed by atoms with Crippen LogP contribution in [-0.4, -0.2) is 11.1 Å². The molecule has 0 saturated heterocycles. The summed E-state index contributed by atoms with van der Waals surface area (Å²) in [7, 11) is 0. The normalized spacial score (nSPS) is 18.8. The van der Waals surface area contributed by atoms with Gasteiger partial charge in [-0.2, -0.15) is 0 Å². The van der Waals surface area contributed by atoms with Crippen molar-refractivity contribution in [1.82, 2.24) is 0 Å². The maximum Gasteiger partial charge on any atom is 0.192 e. The van der Waals surface area contributed by atoms with Gasteiger partial charge in [0.1, 0.15) is 11.4 Å². The third kappa shape index (κ3) is 3.43. The van der Waals surface area contributed by atoms with Crippen molar-refractivity contribution in [3.63, 3.8) is 0 Å². The van der Waals surface area contributed by atoms with E-state index in [1.54, 1.807) is 0 Å². The summed E-state index contributed by atoms with van der Waals surface area (Å²) in [6.07, 6.45) is 0.527. The highest BCUT2D eigenvalue weighted by Gasteiger charge is 2.44. The lowest BCUT2D eigenvalue weighted by molar-refractivity contribution is 0.0825. The number of aryl methyl sites for hydroxylation is 1. The van der Waals surface area contributed by atoms with E-state index in [-0.39, 0.29) is 5.78 Å². The molecule has 0 aliphatic carbocycles. The summed E-state index contributed by atoms with van der Waals surface area (Å²) in [6.45, 7) is 2.07. The molecule has 0 bridgehead atoms. The molecule has 4 rings (SSSR count). The number of alkyl halides is 1. The number of carbonyl (C=O) groups excluding carboxylic acids is 1. The van der Waals surface area contributed by atoms with Crippen molar-refractivity contribution in [2.24, 2.45) is 0 Å². The van der Waals surface area contributed by atoms with E-state index in [1.807, 2.05) is 60.7 Å². The number of ether oxygens (including phenoxy) is 1. The van der Waals surface area contributed by atoms with Crippen molar-refractivity contribution >= 4 is 27.5 Å². The third-order valence-corrected chi connectivity index (χ3v) is 6.08. The number of carbonyl (C=O) groups is 1. The van der Waals surface area contributed by atoms with Crippen LogP contribution >= 0.6 is 15.9 Å². The largest absolute Gasteiger partial charge is 0.480 e. The molecule has 1 heterocycles. The fourth-order valence-corrected chi connectivity index (χ4v) is 4.24. The lowest BCUT2D eigenvalue weighted by Crippen LogP contribution is -2.28. The molecule has 0 fully saturated rings. The van der Waals surface area contributed by atoms with E-state index < -0.39 is 5.60 Å². The second-order valence-corrected chi connectivity index (χ2v) is 7.70. The van der Waals surface area contributed by atoms with Crippen LogP contribution in [0.3, 0.4) is 0 Å². The van der Waals surface area contributed by atoms with E-state index in [2.05, 4.69) is 47.1 Å². The summed E-state index contributed by atoms with van der Waals surface area (Å²) in [5.41, 5.74) is 4.00. The van der Waals surface area contributed by atoms with Gasteiger partial charge in [-0.3, -0.25) is 4.79 Å². The predicted octanol–water partition coefficient (Wildman–Crippen LogP) is 6.30. The van der Waals surface area contributed by atoms with Gasteiger partial charge in [-0.05, 0) is 12.5 Å². The minimum atomic E-state index is -0.599. The maximum absolute atomic E-state index is 13.4. The molecule has 3 aromatic carbocycles. The molecule has 3 heteroatoms. The number of benzene rings is 3. The molecule has 0 saturated carbocycles. The van der Waals surface area contributed by atoms with Crippen molar-refractivity contribution < 1.29 is 9.53 Å². The second-order valence-electron chi connectivity index (χ2n) is 7.14. The Morgan fingerprint density at radius 2 is 1.54 bits per heavy atom. The Morgan fingerprint density at radius 3 is 2.14 bits per heavy atom. The first-order chi connectivity index (χ1) is 13.6. The van der Waals surface area contributed by atoms with Gasteiger partial charge in [-0.15, -0.1) is 0 Å². The van der Waals surface area contributed by atoms with E-state index >= 15 is 0 Å². The Bertz CT molecular complexity index is 1010. The van der Waals surface area contributed by atoms with Gasteiger partial charge in [0.05, 0.1) is 0 Å². The van der Waals surface area contributed by atoms with Crippen LogP contribution in [0.5, 0.6) is 0 Å². The Hall–Kier alpha value is -2.65. The van der Waals surface area contributed by atoms with Gasteiger partial charge in [0.15, 0.2) is 5.78 Å². The Balaban J connectivity index is 1.81. The monoisotopic (exact) mass is 432 g/mol. The molecular formula is C25H21BrO2. The predicted molar refractivity (Wildman–Crippen MR) is 116 cm³/mol. The highest BCUT2D eigenvalue weighted by molar-refractivity contribution is 9.09. The lowest BCUT2D eigenvalue weighted by atomic mass is 9.87. The number of halogens is 1. The summed E-state index contributed by atoms with van der Waals surface area (Å²) in [5, 5.41) is 0.602. The first-order valence-electron chi connectivity index (χ1n) is 9.33. The van der Waals surface area contributed by atoms with E-state index in [4.69, 9.17) is 4.74 Å². The molecule has 0 N–H and O–H groups in total. The summed E-state index contributed by atoms with van der Waals surface area (Å²) >= 11 is 3.66. The van der Waals surface area contributed by atoms with Crippen LogP contribution in [0.4, 0.5) is 0 Å². The quantitative estimate of drug-likeness (QED) is 0.349. The van der Waals surface area contributed by atoms with E-state index in [9.17, 15) is 4.79 Å². The molecule has 0 amide bonds. The van der Waals surface area contributed by atoms with E-state index in [0.717, 1.165) is 16.7 Å². The van der Waals surface area contributed by atoms with Crippen LogP contribution in [-0.2, 0) is 10.3 Å². The van der Waals surface area contributed by atoms with E-state index in [1.165, 1.54) is 5.56 Å². The van der Waals surface area contributed by atoms with Crippen LogP contribution in [0.25, 0.3) is 5.76 Å². The summed E-state index contributed by atoms with van der Waals surface area (Å²) in [6, 6.07) is 27.7. The van der Waals surface area contributed by atoms with Crippen LogP contribution in [0, 0.1) is 6.92 Å². The average Bonchev–Trinajstić information content (AvgIpc) is 3.16. The van der Waals surface area contributed by atoms with Crippen molar-refractivity contribution in [1.29, 1.82) is 0 Å². The van der Waals surface area contributed by atoms with Crippen LogP contribution in [0.1, 0.15) is 33.5 Å². The third-order valence-electron chi connectivity index (χ3n) is 5.17. The molecule has 1 atom stereocenters. The van der Waals surface area contributed by atoms with Crippen molar-refractivity contribution in [3.8, 4) is 0 Å². The Morgan fingerprint density at radius 1 is 0.929 bits per heavy atom. The molecule has 2 nitrogen and oxygen atoms in total. The van der Waals surface area contributed by atoms with Gasteiger partial charge in [0.2, 0.25) is 0 Å². The van der Waals surface area contributed by atoms with Gasteiger partial charge in [-0.25, -0.2) is 0 Å². The molecule has 3 aromatic rings.